The number of benzene rings is 1. The standard InChI is InChI=1S/C16H26N2O4/c1-5-8-16(2,17)15(19)18-12-6-7-13(21-4)14(11-12)22-10-9-20-3/h6-7,11H,5,8-10,17H2,1-4H3,(H,18,19). The normalized spacial score (nSPS) is 13.3. The van der Waals surface area contributed by atoms with E-state index in [1.54, 1.807) is 39.3 Å². The first-order valence-electron chi connectivity index (χ1n) is 7.34. The van der Waals surface area contributed by atoms with E-state index in [1.807, 2.05) is 6.92 Å². The molecule has 22 heavy (non-hydrogen) atoms. The van der Waals surface area contributed by atoms with Gasteiger partial charge in [0.2, 0.25) is 5.91 Å². The van der Waals surface area contributed by atoms with E-state index >= 15 is 0 Å². The first kappa shape index (κ1) is 18.3. The highest BCUT2D eigenvalue weighted by Crippen LogP contribution is 2.30. The topological polar surface area (TPSA) is 82.8 Å². The molecule has 1 aromatic rings. The van der Waals surface area contributed by atoms with E-state index in [0.29, 0.717) is 36.8 Å². The maximum absolute atomic E-state index is 12.2. The Bertz CT molecular complexity index is 489. The van der Waals surface area contributed by atoms with Gasteiger partial charge in [0.05, 0.1) is 19.3 Å². The van der Waals surface area contributed by atoms with Gasteiger partial charge in [-0.3, -0.25) is 4.79 Å². The summed E-state index contributed by atoms with van der Waals surface area (Å²) in [5.41, 5.74) is 5.75. The Balaban J connectivity index is 2.83. The Hall–Kier alpha value is -1.79. The molecule has 0 bridgehead atoms. The van der Waals surface area contributed by atoms with Crippen LogP contribution >= 0.6 is 0 Å². The maximum Gasteiger partial charge on any atom is 0.244 e. The Morgan fingerprint density at radius 2 is 2.00 bits per heavy atom. The summed E-state index contributed by atoms with van der Waals surface area (Å²) in [4.78, 5) is 12.2. The van der Waals surface area contributed by atoms with Crippen molar-refractivity contribution in [2.45, 2.75) is 32.2 Å². The summed E-state index contributed by atoms with van der Waals surface area (Å²) in [6.45, 7) is 4.59. The van der Waals surface area contributed by atoms with Crippen molar-refractivity contribution in [2.24, 2.45) is 5.73 Å². The van der Waals surface area contributed by atoms with Crippen molar-refractivity contribution < 1.29 is 19.0 Å². The van der Waals surface area contributed by atoms with Gasteiger partial charge < -0.3 is 25.3 Å². The number of amides is 1. The smallest absolute Gasteiger partial charge is 0.244 e. The van der Waals surface area contributed by atoms with Gasteiger partial charge in [-0.05, 0) is 25.5 Å². The van der Waals surface area contributed by atoms with E-state index in [-0.39, 0.29) is 5.91 Å². The highest BCUT2D eigenvalue weighted by Gasteiger charge is 2.27. The molecule has 0 aliphatic rings. The summed E-state index contributed by atoms with van der Waals surface area (Å²) in [6.07, 6.45) is 1.46. The van der Waals surface area contributed by atoms with Crippen LogP contribution in [0.4, 0.5) is 5.69 Å². The molecule has 0 spiro atoms. The fourth-order valence-electron chi connectivity index (χ4n) is 2.01. The van der Waals surface area contributed by atoms with Crippen molar-refractivity contribution in [1.29, 1.82) is 0 Å². The molecule has 0 radical (unpaired) electrons. The zero-order valence-electron chi connectivity index (χ0n) is 13.8. The van der Waals surface area contributed by atoms with Crippen LogP contribution in [0.2, 0.25) is 0 Å². The van der Waals surface area contributed by atoms with Gasteiger partial charge in [-0.1, -0.05) is 13.3 Å². The summed E-state index contributed by atoms with van der Waals surface area (Å²) in [6, 6.07) is 5.21. The molecule has 0 aliphatic heterocycles. The molecule has 3 N–H and O–H groups in total. The second-order valence-corrected chi connectivity index (χ2v) is 5.33. The quantitative estimate of drug-likeness (QED) is 0.683. The molecular weight excluding hydrogens is 284 g/mol. The van der Waals surface area contributed by atoms with Crippen LogP contribution in [0.1, 0.15) is 26.7 Å². The van der Waals surface area contributed by atoms with Crippen molar-refractivity contribution in [3.8, 4) is 11.5 Å². The molecule has 0 aromatic heterocycles. The van der Waals surface area contributed by atoms with Crippen molar-refractivity contribution in [3.63, 3.8) is 0 Å². The Morgan fingerprint density at radius 1 is 1.27 bits per heavy atom. The number of hydrogen-bond donors (Lipinski definition) is 2. The third kappa shape index (κ3) is 5.20. The largest absolute Gasteiger partial charge is 0.493 e. The molecule has 0 aliphatic carbocycles. The van der Waals surface area contributed by atoms with Gasteiger partial charge in [0.25, 0.3) is 0 Å². The summed E-state index contributed by atoms with van der Waals surface area (Å²) in [5.74, 6) is 0.923. The van der Waals surface area contributed by atoms with Crippen LogP contribution in [-0.2, 0) is 9.53 Å². The highest BCUT2D eigenvalue weighted by atomic mass is 16.5. The first-order chi connectivity index (χ1) is 10.4. The van der Waals surface area contributed by atoms with Crippen LogP contribution in [0, 0.1) is 0 Å². The molecule has 0 saturated carbocycles. The zero-order valence-corrected chi connectivity index (χ0v) is 13.8. The molecular formula is C16H26N2O4. The molecule has 1 amide bonds. The lowest BCUT2D eigenvalue weighted by Crippen LogP contribution is -2.48. The van der Waals surface area contributed by atoms with Crippen LogP contribution < -0.4 is 20.5 Å². The number of anilines is 1. The minimum absolute atomic E-state index is 0.220. The van der Waals surface area contributed by atoms with Gasteiger partial charge in [-0.25, -0.2) is 0 Å². The number of ether oxygens (including phenoxy) is 3. The fourth-order valence-corrected chi connectivity index (χ4v) is 2.01. The Labute approximate surface area is 131 Å². The first-order valence-corrected chi connectivity index (χ1v) is 7.34. The zero-order chi connectivity index (χ0) is 16.6. The predicted octanol–water partition coefficient (Wildman–Crippen LogP) is 2.18. The summed E-state index contributed by atoms with van der Waals surface area (Å²) >= 11 is 0. The Morgan fingerprint density at radius 3 is 2.59 bits per heavy atom. The van der Waals surface area contributed by atoms with Crippen molar-refractivity contribution in [1.82, 2.24) is 0 Å². The molecule has 1 aromatic carbocycles. The Kier molecular flexibility index (Phi) is 7.14. The summed E-state index contributed by atoms with van der Waals surface area (Å²) in [7, 11) is 3.17. The molecule has 1 unspecified atom stereocenters. The number of hydrogen-bond acceptors (Lipinski definition) is 5. The highest BCUT2D eigenvalue weighted by molar-refractivity contribution is 5.97. The number of methoxy groups -OCH3 is 2. The molecule has 6 nitrogen and oxygen atoms in total. The van der Waals surface area contributed by atoms with Crippen molar-refractivity contribution in [2.75, 3.05) is 32.8 Å². The minimum Gasteiger partial charge on any atom is -0.493 e. The molecule has 1 rings (SSSR count). The van der Waals surface area contributed by atoms with Crippen LogP contribution in [0.15, 0.2) is 18.2 Å². The molecule has 0 saturated heterocycles. The van der Waals surface area contributed by atoms with E-state index in [4.69, 9.17) is 19.9 Å². The van der Waals surface area contributed by atoms with Gasteiger partial charge in [0.1, 0.15) is 6.61 Å². The van der Waals surface area contributed by atoms with Crippen LogP contribution in [0.25, 0.3) is 0 Å². The molecule has 6 heteroatoms. The van der Waals surface area contributed by atoms with Crippen LogP contribution in [0.5, 0.6) is 11.5 Å². The SMILES string of the molecule is CCCC(C)(N)C(=O)Nc1ccc(OC)c(OCCOC)c1. The predicted molar refractivity (Wildman–Crippen MR) is 86.5 cm³/mol. The molecule has 1 atom stereocenters. The third-order valence-electron chi connectivity index (χ3n) is 3.25. The fraction of sp³-hybridized carbons (Fsp3) is 0.562. The number of nitrogens with one attached hydrogen (secondary N) is 1. The van der Waals surface area contributed by atoms with Crippen LogP contribution in [-0.4, -0.2) is 38.9 Å². The van der Waals surface area contributed by atoms with Gasteiger partial charge >= 0.3 is 0 Å². The van der Waals surface area contributed by atoms with Crippen molar-refractivity contribution in [3.05, 3.63) is 18.2 Å². The van der Waals surface area contributed by atoms with E-state index in [1.165, 1.54) is 0 Å². The second kappa shape index (κ2) is 8.60. The third-order valence-corrected chi connectivity index (χ3v) is 3.25. The number of nitrogens with two attached hydrogens (primary N) is 1. The van der Waals surface area contributed by atoms with Crippen LogP contribution in [0.3, 0.4) is 0 Å². The monoisotopic (exact) mass is 310 g/mol. The van der Waals surface area contributed by atoms with E-state index in [9.17, 15) is 4.79 Å². The van der Waals surface area contributed by atoms with Gasteiger partial charge in [-0.15, -0.1) is 0 Å². The van der Waals surface area contributed by atoms with Crippen molar-refractivity contribution >= 4 is 11.6 Å². The van der Waals surface area contributed by atoms with E-state index < -0.39 is 5.54 Å². The van der Waals surface area contributed by atoms with Gasteiger partial charge in [0.15, 0.2) is 11.5 Å². The van der Waals surface area contributed by atoms with E-state index in [2.05, 4.69) is 5.32 Å². The molecule has 0 fully saturated rings. The molecule has 0 heterocycles. The van der Waals surface area contributed by atoms with E-state index in [0.717, 1.165) is 6.42 Å². The summed E-state index contributed by atoms with van der Waals surface area (Å²) < 4.78 is 15.8. The number of carbonyl (C=O) groups is 1. The number of rotatable bonds is 9. The average molecular weight is 310 g/mol. The van der Waals surface area contributed by atoms with Gasteiger partial charge in [-0.2, -0.15) is 0 Å². The number of carbonyl (C=O) groups excluding carboxylic acids is 1. The minimum atomic E-state index is -0.897. The average Bonchev–Trinajstić information content (AvgIpc) is 2.47. The van der Waals surface area contributed by atoms with Gasteiger partial charge in [0, 0.05) is 18.9 Å². The summed E-state index contributed by atoms with van der Waals surface area (Å²) in [5, 5.41) is 2.82. The lowest BCUT2D eigenvalue weighted by molar-refractivity contribution is -0.120. The lowest BCUT2D eigenvalue weighted by Gasteiger charge is -2.23. The maximum atomic E-state index is 12.2. The second-order valence-electron chi connectivity index (χ2n) is 5.33. The molecule has 124 valence electrons. The lowest BCUT2D eigenvalue weighted by atomic mass is 9.96.